The minimum atomic E-state index is -1.01. The van der Waals surface area contributed by atoms with E-state index in [2.05, 4.69) is 9.97 Å². The number of pyridine rings is 1. The Morgan fingerprint density at radius 3 is 2.68 bits per heavy atom. The third kappa shape index (κ3) is 5.13. The zero-order chi connectivity index (χ0) is 26.1. The summed E-state index contributed by atoms with van der Waals surface area (Å²) in [5, 5.41) is 10.1. The van der Waals surface area contributed by atoms with E-state index in [0.29, 0.717) is 17.9 Å². The Balaban J connectivity index is 1.45. The van der Waals surface area contributed by atoms with Crippen molar-refractivity contribution in [1.29, 1.82) is 0 Å². The molecule has 1 N–H and O–H groups in total. The van der Waals surface area contributed by atoms with E-state index in [4.69, 9.17) is 0 Å². The molecule has 1 aliphatic rings. The molecule has 1 atom stereocenters. The van der Waals surface area contributed by atoms with Crippen molar-refractivity contribution in [2.45, 2.75) is 38.5 Å². The van der Waals surface area contributed by atoms with Crippen molar-refractivity contribution in [1.82, 2.24) is 14.5 Å². The number of carbonyl (C=O) groups is 2. The lowest BCUT2D eigenvalue weighted by Gasteiger charge is -2.23. The van der Waals surface area contributed by atoms with Crippen molar-refractivity contribution in [2.24, 2.45) is 18.9 Å². The van der Waals surface area contributed by atoms with Gasteiger partial charge in [-0.05, 0) is 30.0 Å². The number of halogens is 1. The van der Waals surface area contributed by atoms with Crippen molar-refractivity contribution < 1.29 is 19.1 Å². The van der Waals surface area contributed by atoms with Gasteiger partial charge in [-0.3, -0.25) is 14.5 Å². The van der Waals surface area contributed by atoms with Gasteiger partial charge in [0.15, 0.2) is 5.13 Å². The van der Waals surface area contributed by atoms with Crippen LogP contribution in [-0.2, 0) is 16.6 Å². The molecule has 192 valence electrons. The van der Waals surface area contributed by atoms with Crippen LogP contribution in [0.5, 0.6) is 0 Å². The maximum atomic E-state index is 15.3. The van der Waals surface area contributed by atoms with Crippen LogP contribution in [0, 0.1) is 17.0 Å². The first-order valence-corrected chi connectivity index (χ1v) is 13.3. The van der Waals surface area contributed by atoms with Crippen LogP contribution < -0.4 is 4.90 Å². The lowest BCUT2D eigenvalue weighted by Crippen LogP contribution is -2.35. The molecule has 9 heteroatoms. The third-order valence-corrected chi connectivity index (χ3v) is 8.18. The molecule has 0 aliphatic heterocycles. The molecule has 0 bridgehead atoms. The summed E-state index contributed by atoms with van der Waals surface area (Å²) < 4.78 is 17.3. The molecule has 1 unspecified atom stereocenters. The van der Waals surface area contributed by atoms with E-state index in [1.54, 1.807) is 13.2 Å². The summed E-state index contributed by atoms with van der Waals surface area (Å²) in [5.41, 5.74) is 3.25. The number of hydrogen-bond acceptors (Lipinski definition) is 5. The molecule has 1 aliphatic carbocycles. The van der Waals surface area contributed by atoms with E-state index in [-0.39, 0.29) is 23.2 Å². The summed E-state index contributed by atoms with van der Waals surface area (Å²) >= 11 is 0.795. The number of amides is 1. The Kier molecular flexibility index (Phi) is 7.06. The number of thiazole rings is 1. The molecular formula is C28H29FN4O3S. The van der Waals surface area contributed by atoms with Crippen LogP contribution in [0.25, 0.3) is 33.4 Å². The highest BCUT2D eigenvalue weighted by atomic mass is 32.1. The Bertz CT molecular complexity index is 1460. The van der Waals surface area contributed by atoms with Gasteiger partial charge in [0, 0.05) is 48.9 Å². The number of carboxylic acid groups (broad SMARTS) is 1. The molecule has 1 saturated carbocycles. The SMILES string of the molecule is CN(C(=O)C(CC(=O)O)CC1CCCC1)c1nc(-c2ccccc2-c2cnc3c(ccn3C)c2)c(F)s1. The number of aliphatic carboxylic acids is 1. The van der Waals surface area contributed by atoms with Crippen LogP contribution in [0.15, 0.2) is 48.8 Å². The maximum Gasteiger partial charge on any atom is 0.304 e. The molecular weight excluding hydrogens is 491 g/mol. The van der Waals surface area contributed by atoms with Gasteiger partial charge in [0.05, 0.1) is 6.42 Å². The van der Waals surface area contributed by atoms with Crippen molar-refractivity contribution >= 4 is 39.4 Å². The molecule has 3 heterocycles. The number of anilines is 1. The first-order valence-electron chi connectivity index (χ1n) is 12.5. The quantitative estimate of drug-likeness (QED) is 0.302. The molecule has 1 fully saturated rings. The second-order valence-electron chi connectivity index (χ2n) is 9.81. The fraction of sp³-hybridized carbons (Fsp3) is 0.357. The Hall–Kier alpha value is -3.59. The van der Waals surface area contributed by atoms with Crippen molar-refractivity contribution in [3.8, 4) is 22.4 Å². The molecule has 0 spiro atoms. The number of aromatic nitrogens is 3. The van der Waals surface area contributed by atoms with Crippen LogP contribution in [0.2, 0.25) is 0 Å². The minimum Gasteiger partial charge on any atom is -0.481 e. The highest BCUT2D eigenvalue weighted by molar-refractivity contribution is 7.14. The second-order valence-corrected chi connectivity index (χ2v) is 10.7. The summed E-state index contributed by atoms with van der Waals surface area (Å²) in [5.74, 6) is -1.64. The van der Waals surface area contributed by atoms with Gasteiger partial charge >= 0.3 is 5.97 Å². The summed E-state index contributed by atoms with van der Waals surface area (Å²) in [6.45, 7) is 0. The highest BCUT2D eigenvalue weighted by Gasteiger charge is 2.31. The molecule has 5 rings (SSSR count). The van der Waals surface area contributed by atoms with E-state index in [1.165, 1.54) is 4.90 Å². The lowest BCUT2D eigenvalue weighted by atomic mass is 9.90. The van der Waals surface area contributed by atoms with Gasteiger partial charge in [-0.15, -0.1) is 0 Å². The molecule has 4 aromatic rings. The van der Waals surface area contributed by atoms with Gasteiger partial charge < -0.3 is 9.67 Å². The number of nitrogens with zero attached hydrogens (tertiary/aromatic N) is 4. The predicted octanol–water partition coefficient (Wildman–Crippen LogP) is 6.14. The fourth-order valence-electron chi connectivity index (χ4n) is 5.34. The van der Waals surface area contributed by atoms with Crippen molar-refractivity contribution in [2.75, 3.05) is 11.9 Å². The fourth-order valence-corrected chi connectivity index (χ4v) is 6.12. The van der Waals surface area contributed by atoms with Crippen molar-refractivity contribution in [3.63, 3.8) is 0 Å². The lowest BCUT2D eigenvalue weighted by molar-refractivity contribution is -0.140. The molecule has 37 heavy (non-hydrogen) atoms. The van der Waals surface area contributed by atoms with E-state index in [1.807, 2.05) is 54.2 Å². The first kappa shape index (κ1) is 25.1. The Morgan fingerprint density at radius 1 is 1.22 bits per heavy atom. The normalized spacial score (nSPS) is 14.8. The van der Waals surface area contributed by atoms with E-state index in [0.717, 1.165) is 59.2 Å². The standard InChI is InChI=1S/C28H29FN4O3S/c1-32-12-11-18-14-20(16-30-26(18)32)21-9-5-6-10-22(21)24-25(29)37-28(31-24)33(2)27(36)19(15-23(34)35)13-17-7-3-4-8-17/h5-6,9-12,14,16-17,19H,3-4,7-8,13,15H2,1-2H3,(H,34,35). The van der Waals surface area contributed by atoms with Crippen LogP contribution in [0.4, 0.5) is 9.52 Å². The predicted molar refractivity (Wildman–Crippen MR) is 143 cm³/mol. The van der Waals surface area contributed by atoms with Crippen LogP contribution in [0.3, 0.4) is 0 Å². The van der Waals surface area contributed by atoms with Crippen LogP contribution in [-0.4, -0.2) is 38.6 Å². The molecule has 3 aromatic heterocycles. The van der Waals surface area contributed by atoms with Crippen LogP contribution >= 0.6 is 11.3 Å². The van der Waals surface area contributed by atoms with E-state index < -0.39 is 17.0 Å². The smallest absolute Gasteiger partial charge is 0.304 e. The first-order chi connectivity index (χ1) is 17.8. The van der Waals surface area contributed by atoms with E-state index >= 15 is 4.39 Å². The number of carboxylic acids is 1. The Labute approximate surface area is 218 Å². The van der Waals surface area contributed by atoms with Gasteiger partial charge in [-0.1, -0.05) is 61.3 Å². The molecule has 7 nitrogen and oxygen atoms in total. The number of fused-ring (bicyclic) bond motifs is 1. The molecule has 0 saturated heterocycles. The minimum absolute atomic E-state index is 0.161. The summed E-state index contributed by atoms with van der Waals surface area (Å²) in [6, 6.07) is 11.4. The number of carbonyl (C=O) groups excluding carboxylic acids is 1. The largest absolute Gasteiger partial charge is 0.481 e. The number of hydrogen-bond donors (Lipinski definition) is 1. The topological polar surface area (TPSA) is 88.3 Å². The second kappa shape index (κ2) is 10.4. The molecule has 1 aromatic carbocycles. The number of benzene rings is 1. The van der Waals surface area contributed by atoms with Crippen molar-refractivity contribution in [3.05, 3.63) is 53.9 Å². The monoisotopic (exact) mass is 520 g/mol. The molecule has 1 amide bonds. The Morgan fingerprint density at radius 2 is 1.95 bits per heavy atom. The van der Waals surface area contributed by atoms with Gasteiger partial charge in [0.2, 0.25) is 11.0 Å². The van der Waals surface area contributed by atoms with Gasteiger partial charge in [-0.25, -0.2) is 9.97 Å². The van der Waals surface area contributed by atoms with Crippen LogP contribution in [0.1, 0.15) is 38.5 Å². The van der Waals surface area contributed by atoms with Gasteiger partial charge in [0.1, 0.15) is 11.3 Å². The van der Waals surface area contributed by atoms with E-state index in [9.17, 15) is 14.7 Å². The van der Waals surface area contributed by atoms with Gasteiger partial charge in [-0.2, -0.15) is 4.39 Å². The average molecular weight is 521 g/mol. The third-order valence-electron chi connectivity index (χ3n) is 7.25. The van der Waals surface area contributed by atoms with Gasteiger partial charge in [0.25, 0.3) is 0 Å². The summed E-state index contributed by atoms with van der Waals surface area (Å²) in [7, 11) is 3.48. The number of aryl methyl sites for hydroxylation is 1. The zero-order valence-corrected chi connectivity index (χ0v) is 21.7. The zero-order valence-electron chi connectivity index (χ0n) is 20.9. The average Bonchev–Trinajstić information content (AvgIpc) is 3.63. The maximum absolute atomic E-state index is 15.3. The summed E-state index contributed by atoms with van der Waals surface area (Å²) in [6.07, 6.45) is 8.26. The summed E-state index contributed by atoms with van der Waals surface area (Å²) in [4.78, 5) is 35.2. The highest BCUT2D eigenvalue weighted by Crippen LogP contribution is 2.38. The molecule has 0 radical (unpaired) electrons. The number of rotatable bonds is 8.